The molecule has 0 amide bonds. The predicted octanol–water partition coefficient (Wildman–Crippen LogP) is 6.40. The summed E-state index contributed by atoms with van der Waals surface area (Å²) in [4.78, 5) is 7.57. The molecule has 0 aliphatic rings. The Hall–Kier alpha value is -3.78. The number of aromatic amines is 1. The largest absolute Gasteiger partial charge is 0.457 e. The van der Waals surface area contributed by atoms with Gasteiger partial charge in [0.2, 0.25) is 0 Å². The molecule has 2 heterocycles. The summed E-state index contributed by atoms with van der Waals surface area (Å²) in [6.07, 6.45) is 1.91. The zero-order chi connectivity index (χ0) is 20.4. The molecule has 0 spiro atoms. The Bertz CT molecular complexity index is 1220. The van der Waals surface area contributed by atoms with E-state index in [4.69, 9.17) is 4.74 Å². The molecule has 2 aromatic heterocycles. The van der Waals surface area contributed by atoms with Crippen LogP contribution in [0.1, 0.15) is 36.6 Å². The SMILES string of the molecule is Cc1ccc(C(C)C)c(Oc2cc(C#N)nc(Nc3ccc4cc[nH]c4c3)c2)c1. The van der Waals surface area contributed by atoms with Gasteiger partial charge in [-0.05, 0) is 53.6 Å². The van der Waals surface area contributed by atoms with Gasteiger partial charge in [0, 0.05) is 29.5 Å². The molecule has 4 aromatic rings. The fourth-order valence-corrected chi connectivity index (χ4v) is 3.29. The minimum atomic E-state index is 0.296. The molecule has 0 saturated heterocycles. The first-order chi connectivity index (χ1) is 14.0. The zero-order valence-electron chi connectivity index (χ0n) is 16.7. The first-order valence-electron chi connectivity index (χ1n) is 9.56. The number of anilines is 2. The summed E-state index contributed by atoms with van der Waals surface area (Å²) in [5.74, 6) is 2.26. The normalized spacial score (nSPS) is 10.9. The second kappa shape index (κ2) is 7.69. The lowest BCUT2D eigenvalue weighted by molar-refractivity contribution is 0.472. The van der Waals surface area contributed by atoms with E-state index in [1.54, 1.807) is 6.07 Å². The summed E-state index contributed by atoms with van der Waals surface area (Å²) < 4.78 is 6.19. The van der Waals surface area contributed by atoms with E-state index in [0.29, 0.717) is 23.2 Å². The number of nitrogens with one attached hydrogen (secondary N) is 2. The summed E-state index contributed by atoms with van der Waals surface area (Å²) in [7, 11) is 0. The van der Waals surface area contributed by atoms with Gasteiger partial charge in [0.1, 0.15) is 29.1 Å². The van der Waals surface area contributed by atoms with E-state index in [2.05, 4.69) is 47.3 Å². The summed E-state index contributed by atoms with van der Waals surface area (Å²) in [5.41, 5.74) is 4.45. The number of ether oxygens (including phenoxy) is 1. The van der Waals surface area contributed by atoms with Gasteiger partial charge >= 0.3 is 0 Å². The molecule has 0 radical (unpaired) electrons. The number of fused-ring (bicyclic) bond motifs is 1. The van der Waals surface area contributed by atoms with Crippen molar-refractivity contribution in [3.63, 3.8) is 0 Å². The Morgan fingerprint density at radius 3 is 2.72 bits per heavy atom. The van der Waals surface area contributed by atoms with Crippen LogP contribution < -0.4 is 10.1 Å². The molecular weight excluding hydrogens is 360 g/mol. The molecule has 2 N–H and O–H groups in total. The van der Waals surface area contributed by atoms with Crippen molar-refractivity contribution in [2.24, 2.45) is 0 Å². The third kappa shape index (κ3) is 4.07. The maximum atomic E-state index is 9.42. The van der Waals surface area contributed by atoms with Crippen LogP contribution in [0.5, 0.6) is 11.5 Å². The smallest absolute Gasteiger partial charge is 0.146 e. The van der Waals surface area contributed by atoms with Crippen molar-refractivity contribution in [1.82, 2.24) is 9.97 Å². The molecule has 0 bridgehead atoms. The average molecular weight is 382 g/mol. The Morgan fingerprint density at radius 2 is 1.93 bits per heavy atom. The molecule has 5 nitrogen and oxygen atoms in total. The van der Waals surface area contributed by atoms with E-state index in [1.807, 2.05) is 49.5 Å². The van der Waals surface area contributed by atoms with Gasteiger partial charge in [-0.1, -0.05) is 32.0 Å². The molecule has 144 valence electrons. The minimum Gasteiger partial charge on any atom is -0.457 e. The van der Waals surface area contributed by atoms with Gasteiger partial charge in [-0.3, -0.25) is 0 Å². The Balaban J connectivity index is 1.67. The van der Waals surface area contributed by atoms with Crippen LogP contribution in [0.2, 0.25) is 0 Å². The van der Waals surface area contributed by atoms with Crippen LogP contribution in [0, 0.1) is 18.3 Å². The highest BCUT2D eigenvalue weighted by molar-refractivity contribution is 5.83. The van der Waals surface area contributed by atoms with Gasteiger partial charge in [0.05, 0.1) is 0 Å². The van der Waals surface area contributed by atoms with Crippen LogP contribution in [0.4, 0.5) is 11.5 Å². The number of H-pyrrole nitrogens is 1. The summed E-state index contributed by atoms with van der Waals surface area (Å²) in [6, 6.07) is 19.8. The molecule has 0 saturated carbocycles. The lowest BCUT2D eigenvalue weighted by atomic mass is 10.0. The summed E-state index contributed by atoms with van der Waals surface area (Å²) in [6.45, 7) is 6.30. The van der Waals surface area contributed by atoms with E-state index in [1.165, 1.54) is 0 Å². The molecule has 29 heavy (non-hydrogen) atoms. The monoisotopic (exact) mass is 382 g/mol. The second-order valence-corrected chi connectivity index (χ2v) is 7.39. The molecule has 0 aliphatic heterocycles. The minimum absolute atomic E-state index is 0.296. The highest BCUT2D eigenvalue weighted by Gasteiger charge is 2.11. The van der Waals surface area contributed by atoms with Gasteiger partial charge in [-0.2, -0.15) is 5.26 Å². The van der Waals surface area contributed by atoms with Gasteiger partial charge < -0.3 is 15.0 Å². The maximum absolute atomic E-state index is 9.42. The number of nitrogens with zero attached hydrogens (tertiary/aromatic N) is 2. The number of nitriles is 1. The first-order valence-corrected chi connectivity index (χ1v) is 9.56. The highest BCUT2D eigenvalue weighted by Crippen LogP contribution is 2.33. The van der Waals surface area contributed by atoms with E-state index >= 15 is 0 Å². The van der Waals surface area contributed by atoms with Crippen LogP contribution in [-0.4, -0.2) is 9.97 Å². The summed E-state index contributed by atoms with van der Waals surface area (Å²) >= 11 is 0. The van der Waals surface area contributed by atoms with Crippen molar-refractivity contribution in [2.45, 2.75) is 26.7 Å². The van der Waals surface area contributed by atoms with Crippen molar-refractivity contribution in [3.05, 3.63) is 77.6 Å². The quantitative estimate of drug-likeness (QED) is 0.419. The lowest BCUT2D eigenvalue weighted by Gasteiger charge is -2.15. The Kier molecular flexibility index (Phi) is 4.92. The molecule has 0 unspecified atom stereocenters. The standard InChI is InChI=1S/C24H22N4O/c1-15(2)21-7-4-16(3)10-23(21)29-20-11-19(14-25)28-24(13-20)27-18-6-5-17-8-9-26-22(17)12-18/h4-13,15,26H,1-3H3,(H,27,28). The number of hydrogen-bond acceptors (Lipinski definition) is 4. The van der Waals surface area contributed by atoms with Crippen LogP contribution in [0.25, 0.3) is 10.9 Å². The van der Waals surface area contributed by atoms with Gasteiger partial charge in [0.15, 0.2) is 0 Å². The van der Waals surface area contributed by atoms with E-state index in [9.17, 15) is 5.26 Å². The van der Waals surface area contributed by atoms with Crippen molar-refractivity contribution < 1.29 is 4.74 Å². The van der Waals surface area contributed by atoms with Gasteiger partial charge in [-0.15, -0.1) is 0 Å². The van der Waals surface area contributed by atoms with E-state index in [0.717, 1.165) is 33.5 Å². The number of rotatable bonds is 5. The topological polar surface area (TPSA) is 73.7 Å². The number of aryl methyl sites for hydroxylation is 1. The number of benzene rings is 2. The fraction of sp³-hybridized carbons (Fsp3) is 0.167. The van der Waals surface area contributed by atoms with Crippen molar-refractivity contribution in [2.75, 3.05) is 5.32 Å². The van der Waals surface area contributed by atoms with E-state index in [-0.39, 0.29) is 0 Å². The fourth-order valence-electron chi connectivity index (χ4n) is 3.29. The molecule has 0 aliphatic carbocycles. The summed E-state index contributed by atoms with van der Waals surface area (Å²) in [5, 5.41) is 13.8. The zero-order valence-corrected chi connectivity index (χ0v) is 16.7. The molecule has 4 rings (SSSR count). The first kappa shape index (κ1) is 18.6. The predicted molar refractivity (Wildman–Crippen MR) is 116 cm³/mol. The molecule has 0 atom stereocenters. The van der Waals surface area contributed by atoms with Crippen molar-refractivity contribution in [1.29, 1.82) is 5.26 Å². The van der Waals surface area contributed by atoms with Crippen molar-refractivity contribution in [3.8, 4) is 17.6 Å². The van der Waals surface area contributed by atoms with Gasteiger partial charge in [0.25, 0.3) is 0 Å². The Morgan fingerprint density at radius 1 is 1.07 bits per heavy atom. The number of pyridine rings is 1. The highest BCUT2D eigenvalue weighted by atomic mass is 16.5. The Labute approximate surface area is 170 Å². The van der Waals surface area contributed by atoms with Crippen molar-refractivity contribution >= 4 is 22.4 Å². The van der Waals surface area contributed by atoms with Crippen LogP contribution >= 0.6 is 0 Å². The number of hydrogen-bond donors (Lipinski definition) is 2. The number of aromatic nitrogens is 2. The molecule has 0 fully saturated rings. The molecular formula is C24H22N4O. The third-order valence-electron chi connectivity index (χ3n) is 4.76. The maximum Gasteiger partial charge on any atom is 0.146 e. The van der Waals surface area contributed by atoms with Crippen LogP contribution in [-0.2, 0) is 0 Å². The second-order valence-electron chi connectivity index (χ2n) is 7.39. The lowest BCUT2D eigenvalue weighted by Crippen LogP contribution is -1.99. The third-order valence-corrected chi connectivity index (χ3v) is 4.76. The molecule has 2 aromatic carbocycles. The van der Waals surface area contributed by atoms with Crippen LogP contribution in [0.3, 0.4) is 0 Å². The van der Waals surface area contributed by atoms with Crippen LogP contribution in [0.15, 0.2) is 60.8 Å². The van der Waals surface area contributed by atoms with E-state index < -0.39 is 0 Å². The van der Waals surface area contributed by atoms with Gasteiger partial charge in [-0.25, -0.2) is 4.98 Å². The molecule has 5 heteroatoms. The average Bonchev–Trinajstić information content (AvgIpc) is 3.15.